The highest BCUT2D eigenvalue weighted by molar-refractivity contribution is 5.99. The normalized spacial score (nSPS) is 20.4. The molecule has 39 heavy (non-hydrogen) atoms. The number of hydrogen-bond donors (Lipinski definition) is 1. The molecule has 0 saturated carbocycles. The molecule has 2 bridgehead atoms. The van der Waals surface area contributed by atoms with E-state index < -0.39 is 11.6 Å². The number of aryl methyl sites for hydroxylation is 1. The Labute approximate surface area is 224 Å². The van der Waals surface area contributed by atoms with Crippen LogP contribution in [0.5, 0.6) is 0 Å². The highest BCUT2D eigenvalue weighted by Crippen LogP contribution is 2.39. The van der Waals surface area contributed by atoms with E-state index in [1.807, 2.05) is 17.9 Å². The fourth-order valence-electron chi connectivity index (χ4n) is 6.20. The summed E-state index contributed by atoms with van der Waals surface area (Å²) in [5, 5.41) is 17.6. The van der Waals surface area contributed by atoms with Crippen molar-refractivity contribution in [3.63, 3.8) is 0 Å². The number of nitrogens with two attached hydrogens (primary N) is 1. The summed E-state index contributed by atoms with van der Waals surface area (Å²) >= 11 is 0. The first-order valence-electron chi connectivity index (χ1n) is 13.3. The third-order valence-electron chi connectivity index (χ3n) is 8.00. The first kappa shape index (κ1) is 25.1. The molecule has 0 aliphatic carbocycles. The third kappa shape index (κ3) is 4.35. The number of fused-ring (bicyclic) bond motifs is 3. The molecule has 3 heterocycles. The van der Waals surface area contributed by atoms with Crippen molar-refractivity contribution in [2.45, 2.75) is 63.7 Å². The van der Waals surface area contributed by atoms with Gasteiger partial charge in [0.1, 0.15) is 23.2 Å². The molecule has 198 valence electrons. The van der Waals surface area contributed by atoms with E-state index >= 15 is 4.39 Å². The van der Waals surface area contributed by atoms with Crippen LogP contribution in [0.2, 0.25) is 0 Å². The fraction of sp³-hybridized carbons (Fsp3) is 0.333. The average Bonchev–Trinajstić information content (AvgIpc) is 3.44. The Morgan fingerprint density at radius 3 is 2.49 bits per heavy atom. The average molecular weight is 527 g/mol. The Morgan fingerprint density at radius 2 is 1.79 bits per heavy atom. The van der Waals surface area contributed by atoms with E-state index in [-0.39, 0.29) is 35.2 Å². The second kappa shape index (κ2) is 9.86. The predicted octanol–water partition coefficient (Wildman–Crippen LogP) is 5.42. The highest BCUT2D eigenvalue weighted by Gasteiger charge is 2.42. The van der Waals surface area contributed by atoms with Gasteiger partial charge >= 0.3 is 0 Å². The maximum Gasteiger partial charge on any atom is 0.254 e. The van der Waals surface area contributed by atoms with Crippen LogP contribution in [-0.2, 0) is 6.54 Å². The molecule has 6 rings (SSSR count). The summed E-state index contributed by atoms with van der Waals surface area (Å²) in [4.78, 5) is 15.7. The summed E-state index contributed by atoms with van der Waals surface area (Å²) in [6.45, 7) is 2.62. The highest BCUT2D eigenvalue weighted by atomic mass is 19.1. The van der Waals surface area contributed by atoms with Crippen LogP contribution in [-0.4, -0.2) is 43.9 Å². The monoisotopic (exact) mass is 526 g/mol. The number of benzene rings is 3. The first-order chi connectivity index (χ1) is 18.9. The van der Waals surface area contributed by atoms with E-state index in [1.165, 1.54) is 18.2 Å². The smallest absolute Gasteiger partial charge is 0.254 e. The van der Waals surface area contributed by atoms with Crippen LogP contribution in [0.25, 0.3) is 33.3 Å². The van der Waals surface area contributed by atoms with Crippen LogP contribution in [0.3, 0.4) is 0 Å². The number of piperidine rings is 1. The number of carbonyl (C=O) groups excluding carboxylic acids is 1. The third-order valence-corrected chi connectivity index (χ3v) is 8.00. The minimum absolute atomic E-state index is 0.0890. The van der Waals surface area contributed by atoms with Crippen molar-refractivity contribution >= 4 is 16.9 Å². The lowest BCUT2D eigenvalue weighted by Crippen LogP contribution is -2.50. The summed E-state index contributed by atoms with van der Waals surface area (Å²) in [6.07, 6.45) is 4.24. The molecular formula is C30H28F2N6O. The quantitative estimate of drug-likeness (QED) is 0.374. The first-order valence-corrected chi connectivity index (χ1v) is 13.3. The van der Waals surface area contributed by atoms with Gasteiger partial charge < -0.3 is 10.6 Å². The molecule has 0 spiro atoms. The maximum atomic E-state index is 15.6. The van der Waals surface area contributed by atoms with Gasteiger partial charge in [-0.25, -0.2) is 13.5 Å². The second-order valence-electron chi connectivity index (χ2n) is 10.5. The van der Waals surface area contributed by atoms with E-state index in [1.54, 1.807) is 35.0 Å². The van der Waals surface area contributed by atoms with Gasteiger partial charge in [0, 0.05) is 41.9 Å². The zero-order valence-electron chi connectivity index (χ0n) is 21.6. The van der Waals surface area contributed by atoms with Gasteiger partial charge in [-0.05, 0) is 79.1 Å². The molecule has 1 amide bonds. The Kier molecular flexibility index (Phi) is 6.35. The Balaban J connectivity index is 1.48. The molecule has 0 radical (unpaired) electrons. The van der Waals surface area contributed by atoms with Crippen molar-refractivity contribution < 1.29 is 13.6 Å². The number of rotatable bonds is 5. The zero-order chi connectivity index (χ0) is 27.3. The van der Waals surface area contributed by atoms with Crippen LogP contribution in [0.1, 0.15) is 54.9 Å². The van der Waals surface area contributed by atoms with E-state index in [4.69, 9.17) is 5.73 Å². The molecule has 2 atom stereocenters. The lowest BCUT2D eigenvalue weighted by molar-refractivity contribution is 0.0575. The summed E-state index contributed by atoms with van der Waals surface area (Å²) in [5.74, 6) is -1.26. The molecule has 4 aromatic rings. The number of aromatic nitrogens is 3. The minimum Gasteiger partial charge on any atom is -0.333 e. The van der Waals surface area contributed by atoms with E-state index in [0.717, 1.165) is 32.1 Å². The number of hydrogen-bond acceptors (Lipinski definition) is 5. The van der Waals surface area contributed by atoms with E-state index in [9.17, 15) is 14.4 Å². The van der Waals surface area contributed by atoms with Gasteiger partial charge in [-0.15, -0.1) is 5.10 Å². The van der Waals surface area contributed by atoms with Gasteiger partial charge in [-0.1, -0.05) is 24.3 Å². The van der Waals surface area contributed by atoms with Gasteiger partial charge in [0.2, 0.25) is 0 Å². The molecule has 2 aliphatic heterocycles. The van der Waals surface area contributed by atoms with Crippen LogP contribution in [0, 0.1) is 23.0 Å². The predicted molar refractivity (Wildman–Crippen MR) is 144 cm³/mol. The molecule has 9 heteroatoms. The fourth-order valence-corrected chi connectivity index (χ4v) is 6.20. The number of nitriles is 1. The lowest BCUT2D eigenvalue weighted by Gasteiger charge is -2.38. The Bertz CT molecular complexity index is 1630. The number of halogens is 2. The van der Waals surface area contributed by atoms with Crippen molar-refractivity contribution in [2.24, 2.45) is 5.73 Å². The summed E-state index contributed by atoms with van der Waals surface area (Å²) in [5.41, 5.74) is 9.39. The molecule has 2 saturated heterocycles. The largest absolute Gasteiger partial charge is 0.333 e. The maximum absolute atomic E-state index is 15.6. The van der Waals surface area contributed by atoms with Gasteiger partial charge in [-0.2, -0.15) is 5.26 Å². The SMILES string of the molecule is CCCn1nnc2cc(-c3ccc(C(=O)N4C5CCC4CC(N)C5)cc3-c3ccc(C#N)c(F)c3)c(F)cc21. The summed E-state index contributed by atoms with van der Waals surface area (Å²) in [7, 11) is 0. The number of nitrogens with zero attached hydrogens (tertiary/aromatic N) is 5. The molecule has 1 aromatic heterocycles. The molecule has 3 aromatic carbocycles. The van der Waals surface area contributed by atoms with E-state index in [0.29, 0.717) is 39.8 Å². The zero-order valence-corrected chi connectivity index (χ0v) is 21.6. The van der Waals surface area contributed by atoms with Gasteiger partial charge in [0.15, 0.2) is 0 Å². The lowest BCUT2D eigenvalue weighted by atomic mass is 9.90. The van der Waals surface area contributed by atoms with Crippen LogP contribution in [0.4, 0.5) is 8.78 Å². The molecule has 2 unspecified atom stereocenters. The van der Waals surface area contributed by atoms with Crippen LogP contribution >= 0.6 is 0 Å². The summed E-state index contributed by atoms with van der Waals surface area (Å²) < 4.78 is 32.0. The van der Waals surface area contributed by atoms with Crippen LogP contribution in [0.15, 0.2) is 48.5 Å². The number of carbonyl (C=O) groups is 1. The van der Waals surface area contributed by atoms with Crippen molar-refractivity contribution in [3.05, 3.63) is 71.3 Å². The Hall–Kier alpha value is -4.16. The molecule has 2 aliphatic rings. The standard InChI is InChI=1S/C30H28F2N6O/c1-2-9-37-29-15-27(32)25(14-28(29)35-36-37)23-8-5-18(10-24(23)17-3-4-19(16-33)26(31)11-17)30(39)38-21-6-7-22(38)13-20(34)12-21/h3-5,8,10-11,14-15,20-22H,2,6-7,9,12-13,34H2,1H3. The topological polar surface area (TPSA) is 101 Å². The summed E-state index contributed by atoms with van der Waals surface area (Å²) in [6, 6.07) is 14.6. The van der Waals surface area contributed by atoms with Crippen molar-refractivity contribution in [2.75, 3.05) is 0 Å². The number of amides is 1. The Morgan fingerprint density at radius 1 is 1.03 bits per heavy atom. The molecule has 7 nitrogen and oxygen atoms in total. The molecular weight excluding hydrogens is 498 g/mol. The van der Waals surface area contributed by atoms with E-state index in [2.05, 4.69) is 10.3 Å². The van der Waals surface area contributed by atoms with Crippen molar-refractivity contribution in [1.82, 2.24) is 19.9 Å². The molecule has 2 fully saturated rings. The second-order valence-corrected chi connectivity index (χ2v) is 10.5. The van der Waals surface area contributed by atoms with Gasteiger partial charge in [0.25, 0.3) is 5.91 Å². The van der Waals surface area contributed by atoms with Gasteiger partial charge in [-0.3, -0.25) is 4.79 Å². The van der Waals surface area contributed by atoms with Gasteiger partial charge in [0.05, 0.1) is 11.1 Å². The van der Waals surface area contributed by atoms with Crippen molar-refractivity contribution in [1.29, 1.82) is 5.26 Å². The van der Waals surface area contributed by atoms with Crippen molar-refractivity contribution in [3.8, 4) is 28.3 Å². The van der Waals surface area contributed by atoms with Crippen LogP contribution < -0.4 is 5.73 Å². The molecule has 2 N–H and O–H groups in total. The minimum atomic E-state index is -0.681.